The summed E-state index contributed by atoms with van der Waals surface area (Å²) in [6.45, 7) is -0.213. The Morgan fingerprint density at radius 2 is 1.63 bits per heavy atom. The van der Waals surface area contributed by atoms with Crippen molar-refractivity contribution in [2.24, 2.45) is 11.8 Å². The fourth-order valence-electron chi connectivity index (χ4n) is 4.43. The third-order valence-corrected chi connectivity index (χ3v) is 7.54. The van der Waals surface area contributed by atoms with Crippen LogP contribution in [0.3, 0.4) is 0 Å². The van der Waals surface area contributed by atoms with Crippen molar-refractivity contribution in [1.82, 2.24) is 5.32 Å². The van der Waals surface area contributed by atoms with Crippen molar-refractivity contribution in [2.75, 3.05) is 10.8 Å². The number of carbonyl (C=O) groups excluding carboxylic acids is 1. The largest absolute Gasteiger partial charge is 0.352 e. The second-order valence-electron chi connectivity index (χ2n) is 7.51. The van der Waals surface area contributed by atoms with Crippen LogP contribution < -0.4 is 9.62 Å². The lowest BCUT2D eigenvalue weighted by Crippen LogP contribution is -2.45. The molecule has 3 atom stereocenters. The Morgan fingerprint density at radius 3 is 2.22 bits per heavy atom. The van der Waals surface area contributed by atoms with Crippen LogP contribution in [-0.2, 0) is 14.8 Å². The van der Waals surface area contributed by atoms with Crippen molar-refractivity contribution in [3.8, 4) is 0 Å². The molecule has 1 N–H and O–H groups in total. The molecule has 1 amide bonds. The summed E-state index contributed by atoms with van der Waals surface area (Å²) in [5.74, 6) is 1.03. The van der Waals surface area contributed by atoms with Gasteiger partial charge in [-0.2, -0.15) is 0 Å². The second-order valence-corrected chi connectivity index (χ2v) is 9.37. The third-order valence-electron chi connectivity index (χ3n) is 5.75. The van der Waals surface area contributed by atoms with Crippen molar-refractivity contribution in [3.63, 3.8) is 0 Å². The Balaban J connectivity index is 1.56. The van der Waals surface area contributed by atoms with Gasteiger partial charge in [-0.15, -0.1) is 0 Å². The van der Waals surface area contributed by atoms with Crippen LogP contribution >= 0.6 is 0 Å². The summed E-state index contributed by atoms with van der Waals surface area (Å²) in [5, 5.41) is 3.09. The summed E-state index contributed by atoms with van der Waals surface area (Å²) in [7, 11) is -3.82. The molecule has 2 fully saturated rings. The summed E-state index contributed by atoms with van der Waals surface area (Å²) in [6.07, 6.45) is 4.64. The van der Waals surface area contributed by atoms with E-state index in [1.807, 2.05) is 6.07 Å². The molecule has 0 aromatic heterocycles. The number of nitrogens with zero attached hydrogens (tertiary/aromatic N) is 1. The first-order chi connectivity index (χ1) is 13.0. The summed E-state index contributed by atoms with van der Waals surface area (Å²) >= 11 is 0. The zero-order chi connectivity index (χ0) is 18.9. The van der Waals surface area contributed by atoms with E-state index in [-0.39, 0.29) is 23.4 Å². The van der Waals surface area contributed by atoms with Gasteiger partial charge in [0.25, 0.3) is 10.0 Å². The Morgan fingerprint density at radius 1 is 0.963 bits per heavy atom. The molecule has 2 aromatic rings. The number of hydrogen-bond acceptors (Lipinski definition) is 3. The number of rotatable bonds is 6. The maximum absolute atomic E-state index is 13.2. The van der Waals surface area contributed by atoms with Gasteiger partial charge in [-0.05, 0) is 55.4 Å². The van der Waals surface area contributed by atoms with E-state index in [2.05, 4.69) is 5.32 Å². The second kappa shape index (κ2) is 7.35. The predicted octanol–water partition coefficient (Wildman–Crippen LogP) is 3.19. The molecule has 2 bridgehead atoms. The molecule has 2 aliphatic carbocycles. The fourth-order valence-corrected chi connectivity index (χ4v) is 5.88. The molecule has 0 spiro atoms. The normalized spacial score (nSPS) is 23.9. The fraction of sp³-hybridized carbons (Fsp3) is 0.381. The number of carbonyl (C=O) groups is 1. The van der Waals surface area contributed by atoms with Gasteiger partial charge >= 0.3 is 0 Å². The molecule has 0 saturated heterocycles. The number of amides is 1. The number of para-hydroxylation sites is 1. The number of fused-ring (bicyclic) bond motifs is 2. The van der Waals surface area contributed by atoms with E-state index in [0.29, 0.717) is 11.6 Å². The van der Waals surface area contributed by atoms with E-state index in [1.165, 1.54) is 23.6 Å². The lowest BCUT2D eigenvalue weighted by atomic mass is 9.95. The summed E-state index contributed by atoms with van der Waals surface area (Å²) in [6, 6.07) is 17.2. The molecule has 27 heavy (non-hydrogen) atoms. The van der Waals surface area contributed by atoms with Crippen LogP contribution in [0.2, 0.25) is 0 Å². The van der Waals surface area contributed by atoms with E-state index < -0.39 is 10.0 Å². The summed E-state index contributed by atoms with van der Waals surface area (Å²) < 4.78 is 27.6. The Labute approximate surface area is 160 Å². The average molecular weight is 385 g/mol. The van der Waals surface area contributed by atoms with Gasteiger partial charge < -0.3 is 5.32 Å². The minimum atomic E-state index is -3.82. The van der Waals surface area contributed by atoms with Crippen LogP contribution in [-0.4, -0.2) is 26.9 Å². The Hall–Kier alpha value is -2.34. The summed E-state index contributed by atoms with van der Waals surface area (Å²) in [5.41, 5.74) is 0.490. The van der Waals surface area contributed by atoms with Crippen molar-refractivity contribution >= 4 is 21.6 Å². The summed E-state index contributed by atoms with van der Waals surface area (Å²) in [4.78, 5) is 12.9. The first-order valence-electron chi connectivity index (χ1n) is 9.46. The molecule has 0 unspecified atom stereocenters. The Bertz CT molecular complexity index is 900. The Kier molecular flexibility index (Phi) is 4.91. The highest BCUT2D eigenvalue weighted by atomic mass is 32.2. The molecule has 2 aliphatic rings. The molecule has 6 heteroatoms. The maximum Gasteiger partial charge on any atom is 0.264 e. The van der Waals surface area contributed by atoms with Crippen LogP contribution in [0.15, 0.2) is 65.6 Å². The number of benzene rings is 2. The van der Waals surface area contributed by atoms with Crippen LogP contribution in [0, 0.1) is 11.8 Å². The number of sulfonamides is 1. The van der Waals surface area contributed by atoms with Crippen molar-refractivity contribution in [1.29, 1.82) is 0 Å². The molecule has 0 heterocycles. The smallest absolute Gasteiger partial charge is 0.264 e. The zero-order valence-corrected chi connectivity index (χ0v) is 15.9. The van der Waals surface area contributed by atoms with Crippen LogP contribution in [0.25, 0.3) is 0 Å². The van der Waals surface area contributed by atoms with Crippen LogP contribution in [0.5, 0.6) is 0 Å². The molecular weight excluding hydrogens is 360 g/mol. The molecular formula is C21H24N2O3S. The van der Waals surface area contributed by atoms with Gasteiger partial charge in [0.2, 0.25) is 5.91 Å². The van der Waals surface area contributed by atoms with E-state index in [9.17, 15) is 13.2 Å². The van der Waals surface area contributed by atoms with Crippen LogP contribution in [0.1, 0.15) is 25.7 Å². The molecule has 0 aliphatic heterocycles. The standard InChI is InChI=1S/C21H24N2O3S/c24-21(22-20-14-16-11-12-17(20)13-16)15-23(18-7-3-1-4-8-18)27(25,26)19-9-5-2-6-10-19/h1-10,16-17,20H,11-15H2,(H,22,24)/t16-,17-,20+/m0/s1. The van der Waals surface area contributed by atoms with Gasteiger partial charge in [0.1, 0.15) is 6.54 Å². The topological polar surface area (TPSA) is 66.5 Å². The molecule has 2 saturated carbocycles. The number of nitrogens with one attached hydrogen (secondary N) is 1. The van der Waals surface area contributed by atoms with Crippen LogP contribution in [0.4, 0.5) is 5.69 Å². The minimum Gasteiger partial charge on any atom is -0.352 e. The zero-order valence-electron chi connectivity index (χ0n) is 15.1. The van der Waals surface area contributed by atoms with Gasteiger partial charge in [-0.1, -0.05) is 42.8 Å². The molecule has 2 aromatic carbocycles. The minimum absolute atomic E-state index is 0.182. The highest BCUT2D eigenvalue weighted by Gasteiger charge is 2.40. The van der Waals surface area contributed by atoms with Gasteiger partial charge in [-0.3, -0.25) is 9.10 Å². The number of hydrogen-bond donors (Lipinski definition) is 1. The maximum atomic E-state index is 13.2. The van der Waals surface area contributed by atoms with Crippen molar-refractivity contribution in [3.05, 3.63) is 60.7 Å². The van der Waals surface area contributed by atoms with Gasteiger partial charge in [-0.25, -0.2) is 8.42 Å². The SMILES string of the molecule is O=C(CN(c1ccccc1)S(=O)(=O)c1ccccc1)N[C@@H]1C[C@H]2CC[C@H]1C2. The highest BCUT2D eigenvalue weighted by Crippen LogP contribution is 2.44. The monoisotopic (exact) mass is 384 g/mol. The average Bonchev–Trinajstić information content (AvgIpc) is 3.30. The van der Waals surface area contributed by atoms with Gasteiger partial charge in [0.15, 0.2) is 0 Å². The molecule has 142 valence electrons. The molecule has 4 rings (SSSR count). The van der Waals surface area contributed by atoms with E-state index >= 15 is 0 Å². The number of anilines is 1. The first-order valence-corrected chi connectivity index (χ1v) is 10.9. The first kappa shape index (κ1) is 18.0. The van der Waals surface area contributed by atoms with Gasteiger partial charge in [0, 0.05) is 6.04 Å². The van der Waals surface area contributed by atoms with E-state index in [4.69, 9.17) is 0 Å². The lowest BCUT2D eigenvalue weighted by Gasteiger charge is -2.27. The molecule has 5 nitrogen and oxygen atoms in total. The predicted molar refractivity (Wildman–Crippen MR) is 105 cm³/mol. The third kappa shape index (κ3) is 3.72. The van der Waals surface area contributed by atoms with Gasteiger partial charge in [0.05, 0.1) is 10.6 Å². The quantitative estimate of drug-likeness (QED) is 0.832. The highest BCUT2D eigenvalue weighted by molar-refractivity contribution is 7.92. The van der Waals surface area contributed by atoms with E-state index in [0.717, 1.165) is 12.3 Å². The van der Waals surface area contributed by atoms with Crippen molar-refractivity contribution in [2.45, 2.75) is 36.6 Å². The lowest BCUT2D eigenvalue weighted by molar-refractivity contribution is -0.120. The van der Waals surface area contributed by atoms with Crippen molar-refractivity contribution < 1.29 is 13.2 Å². The molecule has 0 radical (unpaired) electrons. The van der Waals surface area contributed by atoms with E-state index in [1.54, 1.807) is 54.6 Å².